The van der Waals surface area contributed by atoms with Gasteiger partial charge in [-0.3, -0.25) is 4.79 Å². The predicted molar refractivity (Wildman–Crippen MR) is 268 cm³/mol. The molecule has 0 aromatic carbocycles. The molecule has 0 aliphatic carbocycles. The molecule has 0 aliphatic heterocycles. The Labute approximate surface area is 381 Å². The Hall–Kier alpha value is -1.43. The van der Waals surface area contributed by atoms with Crippen LogP contribution in [0.15, 0.2) is 36.5 Å². The SMILES string of the molecule is CCCCCCCCC/C=C/CC/C=C/CC/C=C/C(O)C(CO)NC(=O)C(O)CCCCCCCCCCCCCCCCCCCCCCCCCCCCCCCC. The molecule has 3 atom stereocenters. The molecule has 5 heteroatoms. The van der Waals surface area contributed by atoms with Crippen molar-refractivity contribution in [3.63, 3.8) is 0 Å². The smallest absolute Gasteiger partial charge is 0.249 e. The zero-order chi connectivity index (χ0) is 44.4. The van der Waals surface area contributed by atoms with Crippen molar-refractivity contribution in [3.8, 4) is 0 Å². The highest BCUT2D eigenvalue weighted by molar-refractivity contribution is 5.80. The van der Waals surface area contributed by atoms with E-state index in [2.05, 4.69) is 43.5 Å². The van der Waals surface area contributed by atoms with Crippen LogP contribution in [0.4, 0.5) is 0 Å². The molecule has 0 heterocycles. The van der Waals surface area contributed by atoms with Gasteiger partial charge >= 0.3 is 0 Å². The number of hydrogen-bond acceptors (Lipinski definition) is 4. The lowest BCUT2D eigenvalue weighted by molar-refractivity contribution is -0.131. The Bertz CT molecular complexity index is 947. The van der Waals surface area contributed by atoms with Crippen LogP contribution in [0.5, 0.6) is 0 Å². The van der Waals surface area contributed by atoms with Gasteiger partial charge in [0.05, 0.1) is 18.8 Å². The summed E-state index contributed by atoms with van der Waals surface area (Å²) in [7, 11) is 0. The van der Waals surface area contributed by atoms with Crippen molar-refractivity contribution in [2.24, 2.45) is 0 Å². The van der Waals surface area contributed by atoms with Gasteiger partial charge in [-0.25, -0.2) is 0 Å². The first-order chi connectivity index (χ1) is 30.1. The van der Waals surface area contributed by atoms with Crippen molar-refractivity contribution >= 4 is 5.91 Å². The van der Waals surface area contributed by atoms with E-state index in [1.165, 1.54) is 225 Å². The molecule has 0 spiro atoms. The number of allylic oxidation sites excluding steroid dienone is 5. The maximum Gasteiger partial charge on any atom is 0.249 e. The van der Waals surface area contributed by atoms with Gasteiger partial charge in [-0.15, -0.1) is 0 Å². The molecule has 0 aliphatic rings. The maximum absolute atomic E-state index is 12.5. The third-order valence-corrected chi connectivity index (χ3v) is 12.7. The summed E-state index contributed by atoms with van der Waals surface area (Å²) in [4.78, 5) is 12.5. The molecular formula is C56H107NO4. The van der Waals surface area contributed by atoms with E-state index in [9.17, 15) is 20.1 Å². The fourth-order valence-corrected chi connectivity index (χ4v) is 8.46. The predicted octanol–water partition coefficient (Wildman–Crippen LogP) is 16.7. The Morgan fingerprint density at radius 3 is 1.00 bits per heavy atom. The zero-order valence-electron chi connectivity index (χ0n) is 41.1. The lowest BCUT2D eigenvalue weighted by atomic mass is 10.0. The maximum atomic E-state index is 12.5. The lowest BCUT2D eigenvalue weighted by Gasteiger charge is -2.21. The van der Waals surface area contributed by atoms with Crippen molar-refractivity contribution in [1.82, 2.24) is 5.32 Å². The minimum atomic E-state index is -1.11. The van der Waals surface area contributed by atoms with Crippen LogP contribution in [0.1, 0.15) is 290 Å². The van der Waals surface area contributed by atoms with E-state index in [1.807, 2.05) is 6.08 Å². The zero-order valence-corrected chi connectivity index (χ0v) is 41.1. The molecule has 0 saturated heterocycles. The van der Waals surface area contributed by atoms with Gasteiger partial charge in [0, 0.05) is 0 Å². The highest BCUT2D eigenvalue weighted by Crippen LogP contribution is 2.17. The van der Waals surface area contributed by atoms with Crippen LogP contribution in [-0.4, -0.2) is 46.1 Å². The molecule has 0 aromatic rings. The van der Waals surface area contributed by atoms with Crippen LogP contribution < -0.4 is 5.32 Å². The molecule has 0 radical (unpaired) electrons. The van der Waals surface area contributed by atoms with Crippen LogP contribution >= 0.6 is 0 Å². The summed E-state index contributed by atoms with van der Waals surface area (Å²) in [6.45, 7) is 4.18. The van der Waals surface area contributed by atoms with Gasteiger partial charge in [-0.2, -0.15) is 0 Å². The first-order valence-corrected chi connectivity index (χ1v) is 27.3. The molecule has 5 nitrogen and oxygen atoms in total. The standard InChI is InChI=1S/C56H107NO4/c1-3-5-7-9-11-13-15-17-19-21-22-23-24-25-26-27-28-29-30-31-32-33-35-37-39-41-43-45-47-49-51-55(60)56(61)57-53(52-58)54(59)50-48-46-44-42-40-38-36-34-20-18-16-14-12-10-8-6-4-2/h20,34,40,42,48,50,53-55,58-60H,3-19,21-33,35-39,41,43-47,49,51-52H2,1-2H3,(H,57,61)/b34-20+,42-40+,50-48+. The summed E-state index contributed by atoms with van der Waals surface area (Å²) in [5, 5.41) is 33.3. The number of carbonyl (C=O) groups excluding carboxylic acids is 1. The summed E-state index contributed by atoms with van der Waals surface area (Å²) >= 11 is 0. The molecule has 0 rings (SSSR count). The second-order valence-corrected chi connectivity index (χ2v) is 18.8. The quantitative estimate of drug-likeness (QED) is 0.0362. The van der Waals surface area contributed by atoms with Crippen LogP contribution in [0.2, 0.25) is 0 Å². The molecule has 0 saturated carbocycles. The molecule has 0 bridgehead atoms. The van der Waals surface area contributed by atoms with Crippen LogP contribution in [0.25, 0.3) is 0 Å². The van der Waals surface area contributed by atoms with Crippen molar-refractivity contribution < 1.29 is 20.1 Å². The summed E-state index contributed by atoms with van der Waals surface area (Å²) in [6, 6.07) is -0.819. The summed E-state index contributed by atoms with van der Waals surface area (Å²) < 4.78 is 0. The molecule has 0 aromatic heterocycles. The molecule has 61 heavy (non-hydrogen) atoms. The van der Waals surface area contributed by atoms with Gasteiger partial charge in [0.25, 0.3) is 0 Å². The largest absolute Gasteiger partial charge is 0.394 e. The number of hydrogen-bond donors (Lipinski definition) is 4. The van der Waals surface area contributed by atoms with Gasteiger partial charge in [-0.1, -0.05) is 281 Å². The fraction of sp³-hybridized carbons (Fsp3) is 0.875. The minimum Gasteiger partial charge on any atom is -0.394 e. The van der Waals surface area contributed by atoms with E-state index >= 15 is 0 Å². The number of nitrogens with one attached hydrogen (secondary N) is 1. The molecule has 1 amide bonds. The van der Waals surface area contributed by atoms with E-state index in [4.69, 9.17) is 0 Å². The average molecular weight is 858 g/mol. The van der Waals surface area contributed by atoms with Gasteiger partial charge in [0.15, 0.2) is 0 Å². The first-order valence-electron chi connectivity index (χ1n) is 27.3. The molecule has 3 unspecified atom stereocenters. The summed E-state index contributed by atoms with van der Waals surface area (Å²) in [5.41, 5.74) is 0. The number of carbonyl (C=O) groups is 1. The topological polar surface area (TPSA) is 89.8 Å². The molecule has 360 valence electrons. The van der Waals surface area contributed by atoms with Gasteiger partial charge in [-0.05, 0) is 44.9 Å². The second-order valence-electron chi connectivity index (χ2n) is 18.8. The van der Waals surface area contributed by atoms with Crippen molar-refractivity contribution in [3.05, 3.63) is 36.5 Å². The number of aliphatic hydroxyl groups excluding tert-OH is 3. The summed E-state index contributed by atoms with van der Waals surface area (Å²) in [6.07, 6.45) is 66.5. The van der Waals surface area contributed by atoms with Gasteiger partial charge < -0.3 is 20.6 Å². The van der Waals surface area contributed by atoms with Crippen molar-refractivity contribution in [2.45, 2.75) is 308 Å². The average Bonchev–Trinajstić information content (AvgIpc) is 3.26. The summed E-state index contributed by atoms with van der Waals surface area (Å²) in [5.74, 6) is -0.513. The second kappa shape index (κ2) is 51.2. The normalized spacial score (nSPS) is 13.6. The molecule has 4 N–H and O–H groups in total. The third-order valence-electron chi connectivity index (χ3n) is 12.7. The van der Waals surface area contributed by atoms with E-state index in [0.717, 1.165) is 44.9 Å². The monoisotopic (exact) mass is 858 g/mol. The number of unbranched alkanes of at least 4 members (excludes halogenated alkanes) is 38. The van der Waals surface area contributed by atoms with Crippen LogP contribution in [0, 0.1) is 0 Å². The number of rotatable bonds is 50. The highest BCUT2D eigenvalue weighted by Gasteiger charge is 2.22. The van der Waals surface area contributed by atoms with E-state index in [0.29, 0.717) is 6.42 Å². The number of amides is 1. The lowest BCUT2D eigenvalue weighted by Crippen LogP contribution is -2.48. The Morgan fingerprint density at radius 2 is 0.672 bits per heavy atom. The first kappa shape index (κ1) is 59.6. The van der Waals surface area contributed by atoms with Crippen LogP contribution in [-0.2, 0) is 4.79 Å². The third kappa shape index (κ3) is 46.4. The van der Waals surface area contributed by atoms with Crippen LogP contribution in [0.3, 0.4) is 0 Å². The van der Waals surface area contributed by atoms with Crippen molar-refractivity contribution in [2.75, 3.05) is 6.61 Å². The van der Waals surface area contributed by atoms with E-state index in [1.54, 1.807) is 6.08 Å². The van der Waals surface area contributed by atoms with Crippen molar-refractivity contribution in [1.29, 1.82) is 0 Å². The minimum absolute atomic E-state index is 0.379. The Kier molecular flexibility index (Phi) is 50.0. The molecule has 0 fully saturated rings. The Balaban J connectivity index is 3.56. The van der Waals surface area contributed by atoms with Gasteiger partial charge in [0.1, 0.15) is 6.10 Å². The van der Waals surface area contributed by atoms with E-state index in [-0.39, 0.29) is 6.61 Å². The van der Waals surface area contributed by atoms with E-state index < -0.39 is 24.2 Å². The number of aliphatic hydroxyl groups is 3. The van der Waals surface area contributed by atoms with Gasteiger partial charge in [0.2, 0.25) is 5.91 Å². The Morgan fingerprint density at radius 1 is 0.393 bits per heavy atom. The molecular weight excluding hydrogens is 751 g/mol. The highest BCUT2D eigenvalue weighted by atomic mass is 16.3. The fourth-order valence-electron chi connectivity index (χ4n) is 8.46.